The van der Waals surface area contributed by atoms with Crippen LogP contribution in [0.1, 0.15) is 43.9 Å². The molecule has 2 atom stereocenters. The predicted molar refractivity (Wildman–Crippen MR) is 84.3 cm³/mol. The van der Waals surface area contributed by atoms with Crippen molar-refractivity contribution < 1.29 is 9.53 Å². The Labute approximate surface area is 127 Å². The largest absolute Gasteiger partial charge is 0.370 e. The quantitative estimate of drug-likeness (QED) is 0.865. The molecule has 1 N–H and O–H groups in total. The smallest absolute Gasteiger partial charge is 0.317 e. The first kappa shape index (κ1) is 15.8. The Kier molecular flexibility index (Phi) is 5.62. The third-order valence-corrected chi connectivity index (χ3v) is 4.04. The number of carbonyl (C=O) groups is 1. The SMILES string of the molecule is CCCCNC(=O)N1C[C@H](c2ccccc2C)OC[C@@H]1C. The molecule has 1 saturated heterocycles. The molecule has 1 aromatic rings. The molecule has 0 aromatic heterocycles. The van der Waals surface area contributed by atoms with Gasteiger partial charge in [0, 0.05) is 6.54 Å². The Bertz CT molecular complexity index is 476. The van der Waals surface area contributed by atoms with Gasteiger partial charge in [-0.2, -0.15) is 0 Å². The van der Waals surface area contributed by atoms with Gasteiger partial charge in [0.2, 0.25) is 0 Å². The third-order valence-electron chi connectivity index (χ3n) is 4.04. The molecule has 0 spiro atoms. The highest BCUT2D eigenvalue weighted by Crippen LogP contribution is 2.27. The number of nitrogens with zero attached hydrogens (tertiary/aromatic N) is 1. The van der Waals surface area contributed by atoms with E-state index in [0.717, 1.165) is 19.4 Å². The van der Waals surface area contributed by atoms with Gasteiger partial charge < -0.3 is 15.0 Å². The Balaban J connectivity index is 2.02. The first-order chi connectivity index (χ1) is 10.1. The maximum atomic E-state index is 12.3. The Hall–Kier alpha value is -1.55. The number of hydrogen-bond acceptors (Lipinski definition) is 2. The Morgan fingerprint density at radius 2 is 2.19 bits per heavy atom. The van der Waals surface area contributed by atoms with Crippen LogP contribution in [0.5, 0.6) is 0 Å². The predicted octanol–water partition coefficient (Wildman–Crippen LogP) is 3.27. The van der Waals surface area contributed by atoms with Gasteiger partial charge in [0.05, 0.1) is 19.2 Å². The van der Waals surface area contributed by atoms with Crippen molar-refractivity contribution in [2.45, 2.75) is 45.8 Å². The summed E-state index contributed by atoms with van der Waals surface area (Å²) in [6.07, 6.45) is 2.08. The molecule has 0 saturated carbocycles. The van der Waals surface area contributed by atoms with E-state index in [1.54, 1.807) is 0 Å². The number of morpholine rings is 1. The number of aryl methyl sites for hydroxylation is 1. The molecule has 1 heterocycles. The molecular formula is C17H26N2O2. The molecule has 1 aliphatic heterocycles. The number of urea groups is 1. The second-order valence-corrected chi connectivity index (χ2v) is 5.77. The first-order valence-electron chi connectivity index (χ1n) is 7.85. The second kappa shape index (κ2) is 7.46. The lowest BCUT2D eigenvalue weighted by molar-refractivity contribution is -0.0430. The topological polar surface area (TPSA) is 41.6 Å². The maximum absolute atomic E-state index is 12.3. The normalized spacial score (nSPS) is 22.1. The van der Waals surface area contributed by atoms with Crippen LogP contribution in [-0.2, 0) is 4.74 Å². The minimum atomic E-state index is -0.0284. The minimum Gasteiger partial charge on any atom is -0.370 e. The van der Waals surface area contributed by atoms with Crippen molar-refractivity contribution in [2.24, 2.45) is 0 Å². The van der Waals surface area contributed by atoms with E-state index >= 15 is 0 Å². The molecule has 0 bridgehead atoms. The van der Waals surface area contributed by atoms with Gasteiger partial charge in [-0.25, -0.2) is 4.79 Å². The van der Waals surface area contributed by atoms with Crippen molar-refractivity contribution >= 4 is 6.03 Å². The van der Waals surface area contributed by atoms with Crippen LogP contribution in [-0.4, -0.2) is 36.7 Å². The summed E-state index contributed by atoms with van der Waals surface area (Å²) in [6.45, 7) is 8.19. The zero-order valence-electron chi connectivity index (χ0n) is 13.3. The lowest BCUT2D eigenvalue weighted by atomic mass is 10.0. The van der Waals surface area contributed by atoms with Gasteiger partial charge in [-0.15, -0.1) is 0 Å². The molecule has 1 fully saturated rings. The molecule has 2 rings (SSSR count). The number of amides is 2. The van der Waals surface area contributed by atoms with Gasteiger partial charge in [-0.05, 0) is 31.4 Å². The highest BCUT2D eigenvalue weighted by Gasteiger charge is 2.30. The average molecular weight is 290 g/mol. The highest BCUT2D eigenvalue weighted by atomic mass is 16.5. The van der Waals surface area contributed by atoms with Crippen molar-refractivity contribution in [1.82, 2.24) is 10.2 Å². The standard InChI is InChI=1S/C17H26N2O2/c1-4-5-10-18-17(20)19-11-16(21-12-14(19)3)15-9-7-6-8-13(15)2/h6-9,14,16H,4-5,10-12H2,1-3H3,(H,18,20)/t14-,16+/m0/s1. The monoisotopic (exact) mass is 290 g/mol. The van der Waals surface area contributed by atoms with Gasteiger partial charge in [0.1, 0.15) is 6.10 Å². The van der Waals surface area contributed by atoms with E-state index in [1.165, 1.54) is 11.1 Å². The molecule has 4 heteroatoms. The zero-order chi connectivity index (χ0) is 15.2. The summed E-state index contributed by atoms with van der Waals surface area (Å²) in [7, 11) is 0. The average Bonchev–Trinajstić information content (AvgIpc) is 2.48. The molecule has 116 valence electrons. The molecule has 21 heavy (non-hydrogen) atoms. The Morgan fingerprint density at radius 3 is 2.90 bits per heavy atom. The van der Waals surface area contributed by atoms with Crippen LogP contribution in [0.4, 0.5) is 4.79 Å². The molecule has 0 radical (unpaired) electrons. The van der Waals surface area contributed by atoms with Crippen LogP contribution in [0.2, 0.25) is 0 Å². The van der Waals surface area contributed by atoms with Crippen LogP contribution < -0.4 is 5.32 Å². The summed E-state index contributed by atoms with van der Waals surface area (Å²) in [6, 6.07) is 8.37. The maximum Gasteiger partial charge on any atom is 0.317 e. The van der Waals surface area contributed by atoms with Crippen molar-refractivity contribution in [3.8, 4) is 0 Å². The third kappa shape index (κ3) is 3.97. The molecule has 1 aromatic carbocycles. The van der Waals surface area contributed by atoms with Crippen molar-refractivity contribution in [3.05, 3.63) is 35.4 Å². The Morgan fingerprint density at radius 1 is 1.43 bits per heavy atom. The molecular weight excluding hydrogens is 264 g/mol. The lowest BCUT2D eigenvalue weighted by Crippen LogP contribution is -2.52. The molecule has 2 amide bonds. The molecule has 0 aliphatic carbocycles. The summed E-state index contributed by atoms with van der Waals surface area (Å²) < 4.78 is 5.94. The summed E-state index contributed by atoms with van der Waals surface area (Å²) >= 11 is 0. The van der Waals surface area contributed by atoms with Gasteiger partial charge in [0.25, 0.3) is 0 Å². The van der Waals surface area contributed by atoms with Gasteiger partial charge in [0.15, 0.2) is 0 Å². The zero-order valence-corrected chi connectivity index (χ0v) is 13.3. The van der Waals surface area contributed by atoms with Crippen LogP contribution >= 0.6 is 0 Å². The molecule has 0 unspecified atom stereocenters. The summed E-state index contributed by atoms with van der Waals surface area (Å²) in [5, 5.41) is 3.00. The van der Waals surface area contributed by atoms with Gasteiger partial charge in [-0.1, -0.05) is 37.6 Å². The fourth-order valence-electron chi connectivity index (χ4n) is 2.65. The highest BCUT2D eigenvalue weighted by molar-refractivity contribution is 5.74. The summed E-state index contributed by atoms with van der Waals surface area (Å²) in [4.78, 5) is 14.2. The summed E-state index contributed by atoms with van der Waals surface area (Å²) in [5.41, 5.74) is 2.39. The van der Waals surface area contributed by atoms with E-state index in [2.05, 4.69) is 31.3 Å². The minimum absolute atomic E-state index is 0.0258. The van der Waals surface area contributed by atoms with E-state index in [0.29, 0.717) is 13.2 Å². The van der Waals surface area contributed by atoms with Crippen molar-refractivity contribution in [3.63, 3.8) is 0 Å². The fourth-order valence-corrected chi connectivity index (χ4v) is 2.65. The van der Waals surface area contributed by atoms with E-state index in [1.807, 2.05) is 24.0 Å². The van der Waals surface area contributed by atoms with E-state index in [9.17, 15) is 4.79 Å². The number of nitrogens with one attached hydrogen (secondary N) is 1. The molecule has 1 aliphatic rings. The number of unbranched alkanes of at least 4 members (excludes halogenated alkanes) is 1. The van der Waals surface area contributed by atoms with Crippen LogP contribution in [0.15, 0.2) is 24.3 Å². The van der Waals surface area contributed by atoms with Crippen molar-refractivity contribution in [1.29, 1.82) is 0 Å². The fraction of sp³-hybridized carbons (Fsp3) is 0.588. The number of carbonyl (C=O) groups excluding carboxylic acids is 1. The van der Waals surface area contributed by atoms with E-state index in [-0.39, 0.29) is 18.2 Å². The van der Waals surface area contributed by atoms with Crippen LogP contribution in [0, 0.1) is 6.92 Å². The summed E-state index contributed by atoms with van der Waals surface area (Å²) in [5.74, 6) is 0. The second-order valence-electron chi connectivity index (χ2n) is 5.77. The van der Waals surface area contributed by atoms with Gasteiger partial charge in [-0.3, -0.25) is 0 Å². The number of ether oxygens (including phenoxy) is 1. The van der Waals surface area contributed by atoms with Crippen LogP contribution in [0.25, 0.3) is 0 Å². The van der Waals surface area contributed by atoms with E-state index in [4.69, 9.17) is 4.74 Å². The van der Waals surface area contributed by atoms with Crippen molar-refractivity contribution in [2.75, 3.05) is 19.7 Å². The van der Waals surface area contributed by atoms with Gasteiger partial charge >= 0.3 is 6.03 Å². The number of rotatable bonds is 4. The van der Waals surface area contributed by atoms with E-state index < -0.39 is 0 Å². The first-order valence-corrected chi connectivity index (χ1v) is 7.85. The lowest BCUT2D eigenvalue weighted by Gasteiger charge is -2.38. The molecule has 4 nitrogen and oxygen atoms in total. The number of hydrogen-bond donors (Lipinski definition) is 1. The number of benzene rings is 1. The van der Waals surface area contributed by atoms with Crippen LogP contribution in [0.3, 0.4) is 0 Å².